The van der Waals surface area contributed by atoms with Crippen molar-refractivity contribution in [2.45, 2.75) is 69.7 Å². The van der Waals surface area contributed by atoms with Crippen molar-refractivity contribution in [3.8, 4) is 5.75 Å². The Morgan fingerprint density at radius 2 is 1.60 bits per heavy atom. The van der Waals surface area contributed by atoms with Gasteiger partial charge in [-0.25, -0.2) is 12.7 Å². The highest BCUT2D eigenvalue weighted by Gasteiger charge is 2.54. The molecule has 1 saturated heterocycles. The van der Waals surface area contributed by atoms with E-state index in [9.17, 15) is 22.8 Å². The van der Waals surface area contributed by atoms with Gasteiger partial charge in [0.05, 0.1) is 17.2 Å². The van der Waals surface area contributed by atoms with Gasteiger partial charge in [-0.1, -0.05) is 11.6 Å². The highest BCUT2D eigenvalue weighted by Crippen LogP contribution is 2.51. The Morgan fingerprint density at radius 3 is 2.25 bits per heavy atom. The van der Waals surface area contributed by atoms with E-state index in [1.54, 1.807) is 37.3 Å². The number of sulfonamides is 1. The lowest BCUT2D eigenvalue weighted by molar-refractivity contribution is -0.120. The Morgan fingerprint density at radius 1 is 0.938 bits per heavy atom. The lowest BCUT2D eigenvalue weighted by Crippen LogP contribution is -2.42. The SMILES string of the molecule is CCOc1ccc2c(c1)C(C)(c1cc(C(=O)NCCCN3CCCC3)ccc1Cl)C(=O)N2S(=O)(=O)c1ccc(C(=O)NC(C)(C)C)cc1. The van der Waals surface area contributed by atoms with Crippen LogP contribution in [-0.4, -0.2) is 69.4 Å². The summed E-state index contributed by atoms with van der Waals surface area (Å²) in [5.41, 5.74) is -0.684. The van der Waals surface area contributed by atoms with Gasteiger partial charge in [-0.05, 0) is 140 Å². The van der Waals surface area contributed by atoms with E-state index in [1.165, 1.54) is 43.2 Å². The molecule has 3 aromatic rings. The van der Waals surface area contributed by atoms with Crippen LogP contribution in [-0.2, 0) is 20.2 Å². The van der Waals surface area contributed by atoms with Crippen molar-refractivity contribution in [3.05, 3.63) is 87.9 Å². The molecule has 0 radical (unpaired) electrons. The average molecular weight is 695 g/mol. The van der Waals surface area contributed by atoms with E-state index in [2.05, 4.69) is 15.5 Å². The summed E-state index contributed by atoms with van der Waals surface area (Å²) in [7, 11) is -4.46. The molecular formula is C36H43ClN4O6S. The van der Waals surface area contributed by atoms with Gasteiger partial charge < -0.3 is 20.3 Å². The smallest absolute Gasteiger partial charge is 0.270 e. The van der Waals surface area contributed by atoms with Crippen LogP contribution >= 0.6 is 11.6 Å². The normalized spacial score (nSPS) is 18.1. The van der Waals surface area contributed by atoms with Crippen molar-refractivity contribution >= 4 is 45.0 Å². The summed E-state index contributed by atoms with van der Waals surface area (Å²) in [6.07, 6.45) is 3.22. The fraction of sp³-hybridized carbons (Fsp3) is 0.417. The quantitative estimate of drug-likeness (QED) is 0.253. The van der Waals surface area contributed by atoms with Crippen LogP contribution in [0.4, 0.5) is 5.69 Å². The van der Waals surface area contributed by atoms with E-state index < -0.39 is 26.9 Å². The van der Waals surface area contributed by atoms with Gasteiger partial charge in [-0.3, -0.25) is 14.4 Å². The number of nitrogens with one attached hydrogen (secondary N) is 2. The van der Waals surface area contributed by atoms with Crippen molar-refractivity contribution in [1.29, 1.82) is 0 Å². The number of carbonyl (C=O) groups is 3. The number of likely N-dealkylation sites (tertiary alicyclic amines) is 1. The first-order chi connectivity index (χ1) is 22.7. The fourth-order valence-electron chi connectivity index (χ4n) is 6.23. The molecule has 48 heavy (non-hydrogen) atoms. The number of anilines is 1. The lowest BCUT2D eigenvalue weighted by Gasteiger charge is -2.26. The molecule has 12 heteroatoms. The third kappa shape index (κ3) is 7.09. The standard InChI is InChI=1S/C36H43ClN4O6S/c1-6-47-26-13-17-31-29(23-26)36(5,28-22-25(12-16-30(28)37)32(42)38-18-9-21-40-19-7-8-20-40)34(44)41(31)48(45,46)27-14-10-24(11-15-27)33(43)39-35(2,3)4/h10-17,22-23H,6-9,18-21H2,1-5H3,(H,38,42)(H,39,43). The van der Waals surface area contributed by atoms with Crippen molar-refractivity contribution < 1.29 is 27.5 Å². The van der Waals surface area contributed by atoms with Crippen LogP contribution in [0, 0.1) is 0 Å². The summed E-state index contributed by atoms with van der Waals surface area (Å²) in [6, 6.07) is 15.0. The first-order valence-corrected chi connectivity index (χ1v) is 18.1. The second kappa shape index (κ2) is 13.9. The minimum absolute atomic E-state index is 0.147. The topological polar surface area (TPSA) is 125 Å². The number of halogens is 1. The number of amides is 3. The van der Waals surface area contributed by atoms with Crippen LogP contribution in [0.2, 0.25) is 5.02 Å². The highest BCUT2D eigenvalue weighted by molar-refractivity contribution is 7.93. The Hall–Kier alpha value is -3.93. The molecule has 0 spiro atoms. The Labute approximate surface area is 287 Å². The van der Waals surface area contributed by atoms with Crippen LogP contribution < -0.4 is 19.7 Å². The van der Waals surface area contributed by atoms with Crippen LogP contribution in [0.5, 0.6) is 5.75 Å². The second-order valence-electron chi connectivity index (χ2n) is 13.4. The van der Waals surface area contributed by atoms with Gasteiger partial charge in [-0.2, -0.15) is 0 Å². The fourth-order valence-corrected chi connectivity index (χ4v) is 8.05. The van der Waals surface area contributed by atoms with Crippen LogP contribution in [0.3, 0.4) is 0 Å². The molecule has 0 saturated carbocycles. The largest absolute Gasteiger partial charge is 0.494 e. The molecule has 256 valence electrons. The van der Waals surface area contributed by atoms with Crippen LogP contribution in [0.15, 0.2) is 65.6 Å². The molecule has 2 aliphatic rings. The maximum absolute atomic E-state index is 14.6. The zero-order valence-electron chi connectivity index (χ0n) is 28.1. The lowest BCUT2D eigenvalue weighted by atomic mass is 9.76. The Balaban J connectivity index is 1.49. The molecule has 0 bridgehead atoms. The number of fused-ring (bicyclic) bond motifs is 1. The highest BCUT2D eigenvalue weighted by atomic mass is 35.5. The summed E-state index contributed by atoms with van der Waals surface area (Å²) in [5.74, 6) is -0.973. The number of hydrogen-bond acceptors (Lipinski definition) is 7. The van der Waals surface area contributed by atoms with Gasteiger partial charge in [0.2, 0.25) is 0 Å². The zero-order valence-corrected chi connectivity index (χ0v) is 29.6. The van der Waals surface area contributed by atoms with Crippen molar-refractivity contribution in [2.75, 3.05) is 37.1 Å². The molecule has 5 rings (SSSR count). The molecule has 0 aromatic heterocycles. The number of rotatable bonds is 11. The van der Waals surface area contributed by atoms with E-state index >= 15 is 0 Å². The molecule has 2 N–H and O–H groups in total. The first kappa shape index (κ1) is 35.4. The maximum Gasteiger partial charge on any atom is 0.270 e. The molecule has 1 fully saturated rings. The molecule has 10 nitrogen and oxygen atoms in total. The van der Waals surface area contributed by atoms with Crippen LogP contribution in [0.1, 0.15) is 85.7 Å². The van der Waals surface area contributed by atoms with Crippen LogP contribution in [0.25, 0.3) is 0 Å². The maximum atomic E-state index is 14.6. The molecule has 3 aromatic carbocycles. The molecule has 2 heterocycles. The van der Waals surface area contributed by atoms with Gasteiger partial charge in [0, 0.05) is 33.8 Å². The molecule has 0 aliphatic carbocycles. The Kier molecular flexibility index (Phi) is 10.2. The molecule has 3 amide bonds. The summed E-state index contributed by atoms with van der Waals surface area (Å²) in [4.78, 5) is 42.7. The predicted octanol–water partition coefficient (Wildman–Crippen LogP) is 5.52. The van der Waals surface area contributed by atoms with Gasteiger partial charge in [0.15, 0.2) is 0 Å². The van der Waals surface area contributed by atoms with E-state index in [0.717, 1.165) is 30.4 Å². The van der Waals surface area contributed by atoms with Gasteiger partial charge in [0.25, 0.3) is 27.7 Å². The number of hydrogen-bond donors (Lipinski definition) is 2. The molecular weight excluding hydrogens is 652 g/mol. The number of benzene rings is 3. The third-order valence-corrected chi connectivity index (χ3v) is 10.7. The summed E-state index contributed by atoms with van der Waals surface area (Å²) in [6.45, 7) is 12.9. The van der Waals surface area contributed by atoms with Gasteiger partial charge >= 0.3 is 0 Å². The van der Waals surface area contributed by atoms with Crippen molar-refractivity contribution in [1.82, 2.24) is 15.5 Å². The number of nitrogens with zero attached hydrogens (tertiary/aromatic N) is 2. The van der Waals surface area contributed by atoms with E-state index in [1.807, 2.05) is 27.7 Å². The van der Waals surface area contributed by atoms with Crippen molar-refractivity contribution in [2.24, 2.45) is 0 Å². The summed E-state index contributed by atoms with van der Waals surface area (Å²) < 4.78 is 35.0. The molecule has 1 atom stereocenters. The third-order valence-electron chi connectivity index (χ3n) is 8.69. The molecule has 2 aliphatic heterocycles. The summed E-state index contributed by atoms with van der Waals surface area (Å²) in [5, 5.41) is 6.01. The van der Waals surface area contributed by atoms with E-state index in [4.69, 9.17) is 16.3 Å². The average Bonchev–Trinajstić information content (AvgIpc) is 3.64. The minimum Gasteiger partial charge on any atom is -0.494 e. The van der Waals surface area contributed by atoms with Gasteiger partial charge in [0.1, 0.15) is 11.2 Å². The second-order valence-corrected chi connectivity index (χ2v) is 15.6. The Bertz CT molecular complexity index is 1820. The van der Waals surface area contributed by atoms with E-state index in [-0.39, 0.29) is 33.0 Å². The monoisotopic (exact) mass is 694 g/mol. The number of ether oxygens (including phenoxy) is 1. The first-order valence-electron chi connectivity index (χ1n) is 16.3. The van der Waals surface area contributed by atoms with Crippen molar-refractivity contribution in [3.63, 3.8) is 0 Å². The summed E-state index contributed by atoms with van der Waals surface area (Å²) >= 11 is 6.75. The predicted molar refractivity (Wildman–Crippen MR) is 186 cm³/mol. The zero-order chi connectivity index (χ0) is 34.9. The van der Waals surface area contributed by atoms with Gasteiger partial charge in [-0.15, -0.1) is 0 Å². The van der Waals surface area contributed by atoms with E-state index in [0.29, 0.717) is 35.6 Å². The number of carbonyl (C=O) groups excluding carboxylic acids is 3. The minimum atomic E-state index is -4.46. The molecule has 1 unspecified atom stereocenters.